The van der Waals surface area contributed by atoms with Crippen molar-refractivity contribution in [1.82, 2.24) is 15.0 Å². The molecule has 4 nitrogen and oxygen atoms in total. The van der Waals surface area contributed by atoms with E-state index in [2.05, 4.69) is 32.9 Å². The third-order valence-electron chi connectivity index (χ3n) is 2.97. The van der Waals surface area contributed by atoms with Crippen LogP contribution in [0.3, 0.4) is 0 Å². The highest BCUT2D eigenvalue weighted by Gasteiger charge is 2.09. The van der Waals surface area contributed by atoms with Gasteiger partial charge in [-0.15, -0.1) is 11.8 Å². The van der Waals surface area contributed by atoms with Crippen LogP contribution in [0, 0.1) is 11.8 Å². The third kappa shape index (κ3) is 2.89. The van der Waals surface area contributed by atoms with Gasteiger partial charge in [-0.25, -0.2) is 4.98 Å². The minimum atomic E-state index is 0.212. The second-order valence-corrected chi connectivity index (χ2v) is 4.21. The topological polar surface area (TPSA) is 55.9 Å². The fraction of sp³-hybridized carbons (Fsp3) is 0.357. The van der Waals surface area contributed by atoms with Crippen molar-refractivity contribution < 1.29 is 0 Å². The summed E-state index contributed by atoms with van der Waals surface area (Å²) in [7, 11) is 0. The van der Waals surface area contributed by atoms with E-state index in [9.17, 15) is 0 Å². The molecular weight excluding hydrogens is 224 g/mol. The Morgan fingerprint density at radius 3 is 3.06 bits per heavy atom. The smallest absolute Gasteiger partial charge is 0.0958 e. The van der Waals surface area contributed by atoms with E-state index in [1.165, 1.54) is 0 Å². The Kier molecular flexibility index (Phi) is 4.35. The van der Waals surface area contributed by atoms with Gasteiger partial charge in [-0.1, -0.05) is 12.1 Å². The van der Waals surface area contributed by atoms with Gasteiger partial charge in [0.2, 0.25) is 0 Å². The fourth-order valence-electron chi connectivity index (χ4n) is 1.99. The molecule has 0 saturated carbocycles. The van der Waals surface area contributed by atoms with Crippen molar-refractivity contribution in [2.75, 3.05) is 0 Å². The van der Waals surface area contributed by atoms with Crippen LogP contribution in [0.25, 0.3) is 11.0 Å². The van der Waals surface area contributed by atoms with Crippen molar-refractivity contribution in [2.45, 2.75) is 32.4 Å². The SMILES string of the molecule is CC#CCCC(Cn1cnc2ccccc21)NN. The molecule has 3 N–H and O–H groups in total. The first kappa shape index (κ1) is 12.6. The number of hydrogen-bond donors (Lipinski definition) is 2. The highest BCUT2D eigenvalue weighted by molar-refractivity contribution is 5.74. The van der Waals surface area contributed by atoms with Gasteiger partial charge in [-0.3, -0.25) is 11.3 Å². The molecule has 2 aromatic rings. The summed E-state index contributed by atoms with van der Waals surface area (Å²) in [6.45, 7) is 2.66. The lowest BCUT2D eigenvalue weighted by Gasteiger charge is -2.15. The predicted molar refractivity (Wildman–Crippen MR) is 73.5 cm³/mol. The zero-order chi connectivity index (χ0) is 12.8. The number of imidazole rings is 1. The second-order valence-electron chi connectivity index (χ2n) is 4.21. The van der Waals surface area contributed by atoms with Gasteiger partial charge in [-0.05, 0) is 25.5 Å². The van der Waals surface area contributed by atoms with Crippen LogP contribution >= 0.6 is 0 Å². The zero-order valence-electron chi connectivity index (χ0n) is 10.6. The van der Waals surface area contributed by atoms with Gasteiger partial charge in [0.15, 0.2) is 0 Å². The predicted octanol–water partition coefficient (Wildman–Crippen LogP) is 1.67. The average molecular weight is 242 g/mol. The number of para-hydroxylation sites is 2. The maximum atomic E-state index is 5.58. The lowest BCUT2D eigenvalue weighted by Crippen LogP contribution is -2.38. The number of rotatable bonds is 5. The number of hydrogen-bond acceptors (Lipinski definition) is 3. The van der Waals surface area contributed by atoms with Crippen molar-refractivity contribution in [1.29, 1.82) is 0 Å². The van der Waals surface area contributed by atoms with Crippen LogP contribution in [0.4, 0.5) is 0 Å². The van der Waals surface area contributed by atoms with Crippen molar-refractivity contribution in [3.05, 3.63) is 30.6 Å². The molecule has 0 spiro atoms. The maximum Gasteiger partial charge on any atom is 0.0958 e. The summed E-state index contributed by atoms with van der Waals surface area (Å²) < 4.78 is 2.12. The first-order chi connectivity index (χ1) is 8.85. The van der Waals surface area contributed by atoms with E-state index in [0.29, 0.717) is 0 Å². The van der Waals surface area contributed by atoms with Gasteiger partial charge >= 0.3 is 0 Å². The maximum absolute atomic E-state index is 5.58. The largest absolute Gasteiger partial charge is 0.329 e. The van der Waals surface area contributed by atoms with E-state index in [-0.39, 0.29) is 6.04 Å². The number of hydrazine groups is 1. The molecule has 0 saturated heterocycles. The van der Waals surface area contributed by atoms with Gasteiger partial charge in [0.1, 0.15) is 0 Å². The summed E-state index contributed by atoms with van der Waals surface area (Å²) in [5.74, 6) is 11.5. The van der Waals surface area contributed by atoms with Crippen LogP contribution < -0.4 is 11.3 Å². The summed E-state index contributed by atoms with van der Waals surface area (Å²) in [5, 5.41) is 0. The number of fused-ring (bicyclic) bond motifs is 1. The van der Waals surface area contributed by atoms with Gasteiger partial charge in [0.25, 0.3) is 0 Å². The molecular formula is C14H18N4. The van der Waals surface area contributed by atoms with Crippen LogP contribution in [-0.4, -0.2) is 15.6 Å². The van der Waals surface area contributed by atoms with Crippen molar-refractivity contribution in [2.24, 2.45) is 5.84 Å². The van der Waals surface area contributed by atoms with Gasteiger partial charge < -0.3 is 4.57 Å². The molecule has 1 atom stereocenters. The van der Waals surface area contributed by atoms with Crippen molar-refractivity contribution in [3.8, 4) is 11.8 Å². The number of nitrogens with zero attached hydrogens (tertiary/aromatic N) is 2. The lowest BCUT2D eigenvalue weighted by atomic mass is 10.1. The van der Waals surface area contributed by atoms with E-state index < -0.39 is 0 Å². The molecule has 4 heteroatoms. The molecule has 0 radical (unpaired) electrons. The Bertz CT molecular complexity index is 562. The summed E-state index contributed by atoms with van der Waals surface area (Å²) in [4.78, 5) is 4.37. The van der Waals surface area contributed by atoms with Crippen LogP contribution in [0.1, 0.15) is 19.8 Å². The Hall–Kier alpha value is -1.83. The number of aromatic nitrogens is 2. The molecule has 2 rings (SSSR count). The van der Waals surface area contributed by atoms with Gasteiger partial charge in [-0.2, -0.15) is 0 Å². The Labute approximate surface area is 107 Å². The first-order valence-corrected chi connectivity index (χ1v) is 6.10. The minimum Gasteiger partial charge on any atom is -0.329 e. The molecule has 1 heterocycles. The summed E-state index contributed by atoms with van der Waals surface area (Å²) in [5.41, 5.74) is 5.00. The highest BCUT2D eigenvalue weighted by atomic mass is 15.2. The summed E-state index contributed by atoms with van der Waals surface area (Å²) in [6, 6.07) is 8.31. The Morgan fingerprint density at radius 2 is 2.28 bits per heavy atom. The molecule has 0 bridgehead atoms. The first-order valence-electron chi connectivity index (χ1n) is 6.10. The van der Waals surface area contributed by atoms with Crippen LogP contribution in [0.5, 0.6) is 0 Å². The fourth-order valence-corrected chi connectivity index (χ4v) is 1.99. The highest BCUT2D eigenvalue weighted by Crippen LogP contribution is 2.13. The van der Waals surface area contributed by atoms with E-state index >= 15 is 0 Å². The molecule has 94 valence electrons. The van der Waals surface area contributed by atoms with E-state index in [1.807, 2.05) is 31.5 Å². The van der Waals surface area contributed by atoms with Gasteiger partial charge in [0.05, 0.1) is 17.4 Å². The van der Waals surface area contributed by atoms with Gasteiger partial charge in [0, 0.05) is 19.0 Å². The summed E-state index contributed by atoms with van der Waals surface area (Å²) >= 11 is 0. The Morgan fingerprint density at radius 1 is 1.44 bits per heavy atom. The molecule has 1 aromatic carbocycles. The monoisotopic (exact) mass is 242 g/mol. The van der Waals surface area contributed by atoms with Crippen molar-refractivity contribution in [3.63, 3.8) is 0 Å². The molecule has 0 fully saturated rings. The Balaban J connectivity index is 2.08. The molecule has 0 amide bonds. The second kappa shape index (κ2) is 6.20. The van der Waals surface area contributed by atoms with E-state index in [4.69, 9.17) is 5.84 Å². The minimum absolute atomic E-state index is 0.212. The molecule has 18 heavy (non-hydrogen) atoms. The van der Waals surface area contributed by atoms with Crippen LogP contribution in [0.2, 0.25) is 0 Å². The number of nitrogens with one attached hydrogen (secondary N) is 1. The molecule has 0 aliphatic carbocycles. The molecule has 0 aliphatic rings. The normalized spacial score (nSPS) is 12.1. The standard InChI is InChI=1S/C14H18N4/c1-2-3-4-7-12(17-15)10-18-11-16-13-8-5-6-9-14(13)18/h5-6,8-9,11-12,17H,4,7,10,15H2,1H3. The summed E-state index contributed by atoms with van der Waals surface area (Å²) in [6.07, 6.45) is 3.66. The quantitative estimate of drug-likeness (QED) is 0.476. The number of benzene rings is 1. The molecule has 1 aromatic heterocycles. The molecule has 0 aliphatic heterocycles. The van der Waals surface area contributed by atoms with E-state index in [0.717, 1.165) is 30.4 Å². The van der Waals surface area contributed by atoms with Crippen molar-refractivity contribution >= 4 is 11.0 Å². The zero-order valence-corrected chi connectivity index (χ0v) is 10.6. The number of nitrogens with two attached hydrogens (primary N) is 1. The van der Waals surface area contributed by atoms with Crippen LogP contribution in [-0.2, 0) is 6.54 Å². The lowest BCUT2D eigenvalue weighted by molar-refractivity contribution is 0.441. The van der Waals surface area contributed by atoms with Crippen LogP contribution in [0.15, 0.2) is 30.6 Å². The molecule has 1 unspecified atom stereocenters. The third-order valence-corrected chi connectivity index (χ3v) is 2.97. The van der Waals surface area contributed by atoms with E-state index in [1.54, 1.807) is 0 Å². The average Bonchev–Trinajstić information content (AvgIpc) is 2.81.